The predicted molar refractivity (Wildman–Crippen MR) is 119 cm³/mol. The molecule has 2 aromatic rings. The second-order valence-corrected chi connectivity index (χ2v) is 9.15. The van der Waals surface area contributed by atoms with E-state index in [1.807, 2.05) is 14.0 Å². The Labute approximate surface area is 183 Å². The predicted octanol–water partition coefficient (Wildman–Crippen LogP) is 2.35. The van der Waals surface area contributed by atoms with Crippen LogP contribution in [0.2, 0.25) is 0 Å². The number of ether oxygens (including phenoxy) is 2. The van der Waals surface area contributed by atoms with Gasteiger partial charge in [0, 0.05) is 31.9 Å². The molecule has 9 heteroatoms. The lowest BCUT2D eigenvalue weighted by molar-refractivity contribution is -0.134. The van der Waals surface area contributed by atoms with E-state index in [9.17, 15) is 13.2 Å². The molecule has 31 heavy (non-hydrogen) atoms. The molecule has 0 unspecified atom stereocenters. The van der Waals surface area contributed by atoms with Crippen molar-refractivity contribution >= 4 is 21.6 Å². The maximum absolute atomic E-state index is 12.7. The SMILES string of the molecule is CCOc1ccc(NS(=O)(=O)c2ccc(OCC(=O)N3CCN(C)CC3)c(C)c2)cc1. The highest BCUT2D eigenvalue weighted by atomic mass is 32.2. The molecule has 2 aromatic carbocycles. The third kappa shape index (κ3) is 6.11. The number of amides is 1. The van der Waals surface area contributed by atoms with Crippen LogP contribution in [0.1, 0.15) is 12.5 Å². The number of anilines is 1. The van der Waals surface area contributed by atoms with Gasteiger partial charge < -0.3 is 19.3 Å². The van der Waals surface area contributed by atoms with E-state index in [2.05, 4.69) is 9.62 Å². The van der Waals surface area contributed by atoms with Gasteiger partial charge in [0.25, 0.3) is 15.9 Å². The molecular formula is C22H29N3O5S. The molecule has 1 saturated heterocycles. The summed E-state index contributed by atoms with van der Waals surface area (Å²) in [4.78, 5) is 16.4. The molecule has 0 aliphatic carbocycles. The van der Waals surface area contributed by atoms with Crippen LogP contribution in [0.25, 0.3) is 0 Å². The number of aryl methyl sites for hydroxylation is 1. The van der Waals surface area contributed by atoms with Gasteiger partial charge in [0.05, 0.1) is 11.5 Å². The average molecular weight is 448 g/mol. The summed E-state index contributed by atoms with van der Waals surface area (Å²) in [5.74, 6) is 1.10. The van der Waals surface area contributed by atoms with Gasteiger partial charge in [-0.1, -0.05) is 0 Å². The van der Waals surface area contributed by atoms with Crippen molar-refractivity contribution in [2.45, 2.75) is 18.7 Å². The van der Waals surface area contributed by atoms with Gasteiger partial charge in [-0.25, -0.2) is 8.42 Å². The van der Waals surface area contributed by atoms with Gasteiger partial charge in [-0.15, -0.1) is 0 Å². The van der Waals surface area contributed by atoms with Crippen molar-refractivity contribution in [3.8, 4) is 11.5 Å². The number of hydrogen-bond acceptors (Lipinski definition) is 6. The Kier molecular flexibility index (Phi) is 7.40. The number of piperazine rings is 1. The largest absolute Gasteiger partial charge is 0.494 e. The number of rotatable bonds is 8. The number of likely N-dealkylation sites (N-methyl/N-ethyl adjacent to an activating group) is 1. The van der Waals surface area contributed by atoms with Gasteiger partial charge in [-0.3, -0.25) is 9.52 Å². The fourth-order valence-corrected chi connectivity index (χ4v) is 4.38. The minimum absolute atomic E-state index is 0.0682. The average Bonchev–Trinajstić information content (AvgIpc) is 2.74. The summed E-state index contributed by atoms with van der Waals surface area (Å²) < 4.78 is 39.0. The van der Waals surface area contributed by atoms with Crippen molar-refractivity contribution in [3.63, 3.8) is 0 Å². The molecule has 1 heterocycles. The first-order valence-corrected chi connectivity index (χ1v) is 11.7. The van der Waals surface area contributed by atoms with Crippen LogP contribution in [0.3, 0.4) is 0 Å². The highest BCUT2D eigenvalue weighted by Gasteiger charge is 2.20. The van der Waals surface area contributed by atoms with Crippen LogP contribution < -0.4 is 14.2 Å². The molecule has 1 fully saturated rings. The highest BCUT2D eigenvalue weighted by molar-refractivity contribution is 7.92. The molecule has 3 rings (SSSR count). The minimum atomic E-state index is -3.76. The van der Waals surface area contributed by atoms with Gasteiger partial charge in [0.15, 0.2) is 6.61 Å². The van der Waals surface area contributed by atoms with Gasteiger partial charge >= 0.3 is 0 Å². The van der Waals surface area contributed by atoms with Crippen LogP contribution in [-0.2, 0) is 14.8 Å². The molecule has 0 radical (unpaired) electrons. The van der Waals surface area contributed by atoms with Crippen LogP contribution >= 0.6 is 0 Å². The van der Waals surface area contributed by atoms with E-state index in [0.717, 1.165) is 13.1 Å². The third-order valence-corrected chi connectivity index (χ3v) is 6.46. The molecular weight excluding hydrogens is 418 g/mol. The van der Waals surface area contributed by atoms with E-state index in [4.69, 9.17) is 9.47 Å². The molecule has 0 spiro atoms. The summed E-state index contributed by atoms with van der Waals surface area (Å²) in [7, 11) is -1.73. The Morgan fingerprint density at radius 1 is 1.03 bits per heavy atom. The monoisotopic (exact) mass is 447 g/mol. The van der Waals surface area contributed by atoms with Gasteiger partial charge in [-0.05, 0) is 68.9 Å². The van der Waals surface area contributed by atoms with E-state index in [-0.39, 0.29) is 17.4 Å². The molecule has 1 N–H and O–H groups in total. The molecule has 1 aliphatic rings. The topological polar surface area (TPSA) is 88.2 Å². The highest BCUT2D eigenvalue weighted by Crippen LogP contribution is 2.24. The molecule has 0 bridgehead atoms. The summed E-state index contributed by atoms with van der Waals surface area (Å²) in [6.45, 7) is 7.18. The van der Waals surface area contributed by atoms with Crippen molar-refractivity contribution in [2.24, 2.45) is 0 Å². The van der Waals surface area contributed by atoms with Crippen LogP contribution in [-0.4, -0.2) is 70.6 Å². The zero-order chi connectivity index (χ0) is 22.4. The number of nitrogens with zero attached hydrogens (tertiary/aromatic N) is 2. The van der Waals surface area contributed by atoms with Crippen molar-refractivity contribution in [1.82, 2.24) is 9.80 Å². The lowest BCUT2D eigenvalue weighted by Crippen LogP contribution is -2.48. The fraction of sp³-hybridized carbons (Fsp3) is 0.409. The fourth-order valence-electron chi connectivity index (χ4n) is 3.24. The molecule has 1 aliphatic heterocycles. The standard InChI is InChI=1S/C22H29N3O5S/c1-4-29-19-7-5-18(6-8-19)23-31(27,28)20-9-10-21(17(2)15-20)30-16-22(26)25-13-11-24(3)12-14-25/h5-10,15,23H,4,11-14,16H2,1-3H3. The summed E-state index contributed by atoms with van der Waals surface area (Å²) in [5, 5.41) is 0. The first kappa shape index (κ1) is 22.9. The normalized spacial score (nSPS) is 14.9. The van der Waals surface area contributed by atoms with Crippen LogP contribution in [0, 0.1) is 6.92 Å². The van der Waals surface area contributed by atoms with Gasteiger partial charge in [0.1, 0.15) is 11.5 Å². The Balaban J connectivity index is 1.61. The molecule has 0 atom stereocenters. The maximum Gasteiger partial charge on any atom is 0.261 e. The Bertz CT molecular complexity index is 1000. The minimum Gasteiger partial charge on any atom is -0.494 e. The second kappa shape index (κ2) is 10.0. The molecule has 0 aromatic heterocycles. The zero-order valence-electron chi connectivity index (χ0n) is 18.1. The Morgan fingerprint density at radius 2 is 1.71 bits per heavy atom. The van der Waals surface area contributed by atoms with Crippen molar-refractivity contribution < 1.29 is 22.7 Å². The van der Waals surface area contributed by atoms with Crippen LogP contribution in [0.15, 0.2) is 47.4 Å². The quantitative estimate of drug-likeness (QED) is 0.668. The molecule has 1 amide bonds. The third-order valence-electron chi connectivity index (χ3n) is 5.08. The number of hydrogen-bond donors (Lipinski definition) is 1. The van der Waals surface area contributed by atoms with E-state index in [1.165, 1.54) is 12.1 Å². The van der Waals surface area contributed by atoms with Crippen molar-refractivity contribution in [2.75, 3.05) is 51.2 Å². The van der Waals surface area contributed by atoms with Gasteiger partial charge in [-0.2, -0.15) is 0 Å². The molecule has 0 saturated carbocycles. The molecule has 8 nitrogen and oxygen atoms in total. The maximum atomic E-state index is 12.7. The number of carbonyl (C=O) groups is 1. The zero-order valence-corrected chi connectivity index (χ0v) is 18.9. The number of benzene rings is 2. The Hall–Kier alpha value is -2.78. The van der Waals surface area contributed by atoms with Crippen LogP contribution in [0.5, 0.6) is 11.5 Å². The van der Waals surface area contributed by atoms with E-state index in [1.54, 1.807) is 42.2 Å². The lowest BCUT2D eigenvalue weighted by atomic mass is 10.2. The van der Waals surface area contributed by atoms with Crippen LogP contribution in [0.4, 0.5) is 5.69 Å². The Morgan fingerprint density at radius 3 is 2.32 bits per heavy atom. The summed E-state index contributed by atoms with van der Waals surface area (Å²) >= 11 is 0. The van der Waals surface area contributed by atoms with Crippen molar-refractivity contribution in [3.05, 3.63) is 48.0 Å². The van der Waals surface area contributed by atoms with E-state index in [0.29, 0.717) is 42.4 Å². The lowest BCUT2D eigenvalue weighted by Gasteiger charge is -2.32. The van der Waals surface area contributed by atoms with Crippen molar-refractivity contribution in [1.29, 1.82) is 0 Å². The number of nitrogens with one attached hydrogen (secondary N) is 1. The smallest absolute Gasteiger partial charge is 0.261 e. The summed E-state index contributed by atoms with van der Waals surface area (Å²) in [6.07, 6.45) is 0. The first-order chi connectivity index (χ1) is 14.8. The number of carbonyl (C=O) groups excluding carboxylic acids is 1. The van der Waals surface area contributed by atoms with Gasteiger partial charge in [0.2, 0.25) is 0 Å². The van der Waals surface area contributed by atoms with E-state index < -0.39 is 10.0 Å². The number of sulfonamides is 1. The summed E-state index contributed by atoms with van der Waals surface area (Å²) in [6, 6.07) is 11.3. The summed E-state index contributed by atoms with van der Waals surface area (Å²) in [5.41, 5.74) is 1.08. The second-order valence-electron chi connectivity index (χ2n) is 7.46. The first-order valence-electron chi connectivity index (χ1n) is 10.2. The van der Waals surface area contributed by atoms with E-state index >= 15 is 0 Å². The molecule has 168 valence electrons.